The first-order valence-electron chi connectivity index (χ1n) is 5.80. The fourth-order valence-electron chi connectivity index (χ4n) is 1.98. The molecule has 5 heteroatoms. The van der Waals surface area contributed by atoms with E-state index in [4.69, 9.17) is 9.15 Å². The number of furan rings is 1. The highest BCUT2D eigenvalue weighted by Crippen LogP contribution is 2.15. The SMILES string of the molecule is C=CC(=O)N1CCOC[C@@H]1CC(=O)c1ccco1. The van der Waals surface area contributed by atoms with E-state index < -0.39 is 0 Å². The van der Waals surface area contributed by atoms with Crippen molar-refractivity contribution in [2.24, 2.45) is 0 Å². The van der Waals surface area contributed by atoms with E-state index in [1.165, 1.54) is 12.3 Å². The molecule has 0 saturated carbocycles. The molecule has 0 aromatic carbocycles. The lowest BCUT2D eigenvalue weighted by Crippen LogP contribution is -2.48. The van der Waals surface area contributed by atoms with Crippen LogP contribution in [-0.4, -0.2) is 42.4 Å². The van der Waals surface area contributed by atoms with Crippen LogP contribution in [0.4, 0.5) is 0 Å². The van der Waals surface area contributed by atoms with Crippen molar-refractivity contribution in [2.45, 2.75) is 12.5 Å². The molecule has 0 aliphatic carbocycles. The third kappa shape index (κ3) is 2.68. The van der Waals surface area contributed by atoms with Crippen LogP contribution in [-0.2, 0) is 9.53 Å². The summed E-state index contributed by atoms with van der Waals surface area (Å²) >= 11 is 0. The van der Waals surface area contributed by atoms with Crippen LogP contribution in [0.25, 0.3) is 0 Å². The molecule has 1 aromatic rings. The first-order valence-corrected chi connectivity index (χ1v) is 5.80. The van der Waals surface area contributed by atoms with E-state index in [9.17, 15) is 9.59 Å². The number of Topliss-reactive ketones (excluding diaryl/α,β-unsaturated/α-hetero) is 1. The van der Waals surface area contributed by atoms with Crippen LogP contribution in [0.5, 0.6) is 0 Å². The number of nitrogens with zero attached hydrogens (tertiary/aromatic N) is 1. The maximum atomic E-state index is 11.9. The maximum Gasteiger partial charge on any atom is 0.246 e. The Morgan fingerprint density at radius 2 is 2.39 bits per heavy atom. The zero-order valence-corrected chi connectivity index (χ0v) is 10.0. The number of hydrogen-bond acceptors (Lipinski definition) is 4. The maximum absolute atomic E-state index is 11.9. The number of rotatable bonds is 4. The third-order valence-corrected chi connectivity index (χ3v) is 2.90. The Morgan fingerprint density at radius 3 is 3.06 bits per heavy atom. The van der Waals surface area contributed by atoms with Crippen molar-refractivity contribution in [2.75, 3.05) is 19.8 Å². The van der Waals surface area contributed by atoms with E-state index in [0.717, 1.165) is 0 Å². The Kier molecular flexibility index (Phi) is 3.94. The molecule has 0 bridgehead atoms. The van der Waals surface area contributed by atoms with Crippen molar-refractivity contribution in [3.8, 4) is 0 Å². The minimum atomic E-state index is -0.248. The number of carbonyl (C=O) groups is 2. The first-order chi connectivity index (χ1) is 8.72. The standard InChI is InChI=1S/C13H15NO4/c1-2-13(16)14-5-7-17-9-10(14)8-11(15)12-4-3-6-18-12/h2-4,6,10H,1,5,7-9H2/t10-/m0/s1. The minimum absolute atomic E-state index is 0.127. The summed E-state index contributed by atoms with van der Waals surface area (Å²) in [5, 5.41) is 0. The molecule has 1 atom stereocenters. The van der Waals surface area contributed by atoms with E-state index in [2.05, 4.69) is 6.58 Å². The van der Waals surface area contributed by atoms with Gasteiger partial charge in [-0.15, -0.1) is 0 Å². The van der Waals surface area contributed by atoms with Gasteiger partial charge in [-0.3, -0.25) is 9.59 Å². The highest BCUT2D eigenvalue weighted by Gasteiger charge is 2.28. The molecule has 96 valence electrons. The number of ether oxygens (including phenoxy) is 1. The van der Waals surface area contributed by atoms with E-state index >= 15 is 0 Å². The zero-order valence-electron chi connectivity index (χ0n) is 10.0. The summed E-state index contributed by atoms with van der Waals surface area (Å²) in [7, 11) is 0. The van der Waals surface area contributed by atoms with Gasteiger partial charge in [-0.2, -0.15) is 0 Å². The van der Waals surface area contributed by atoms with Crippen molar-refractivity contribution in [1.82, 2.24) is 4.90 Å². The summed E-state index contributed by atoms with van der Waals surface area (Å²) in [4.78, 5) is 25.2. The van der Waals surface area contributed by atoms with Crippen LogP contribution in [0, 0.1) is 0 Å². The van der Waals surface area contributed by atoms with Gasteiger partial charge in [0.1, 0.15) is 0 Å². The molecule has 0 N–H and O–H groups in total. The monoisotopic (exact) mass is 249 g/mol. The molecule has 1 amide bonds. The molecule has 2 heterocycles. The molecule has 0 spiro atoms. The van der Waals surface area contributed by atoms with Gasteiger partial charge >= 0.3 is 0 Å². The van der Waals surface area contributed by atoms with Crippen LogP contribution in [0.3, 0.4) is 0 Å². The van der Waals surface area contributed by atoms with Crippen molar-refractivity contribution >= 4 is 11.7 Å². The number of hydrogen-bond donors (Lipinski definition) is 0. The summed E-state index contributed by atoms with van der Waals surface area (Å²) < 4.78 is 10.4. The van der Waals surface area contributed by atoms with Crippen molar-refractivity contribution in [1.29, 1.82) is 0 Å². The van der Waals surface area contributed by atoms with Gasteiger partial charge in [0.25, 0.3) is 0 Å². The quantitative estimate of drug-likeness (QED) is 0.595. The summed E-state index contributed by atoms with van der Waals surface area (Å²) in [6.45, 7) is 4.81. The lowest BCUT2D eigenvalue weighted by Gasteiger charge is -2.34. The molecular formula is C13H15NO4. The second kappa shape index (κ2) is 5.64. The Balaban J connectivity index is 2.03. The molecule has 0 radical (unpaired) electrons. The lowest BCUT2D eigenvalue weighted by molar-refractivity contribution is -0.134. The van der Waals surface area contributed by atoms with Crippen LogP contribution in [0.2, 0.25) is 0 Å². The fourth-order valence-corrected chi connectivity index (χ4v) is 1.98. The summed E-state index contributed by atoms with van der Waals surface area (Å²) in [6.07, 6.45) is 2.92. The Morgan fingerprint density at radius 1 is 1.56 bits per heavy atom. The van der Waals surface area contributed by atoms with Crippen LogP contribution < -0.4 is 0 Å². The molecule has 1 fully saturated rings. The van der Waals surface area contributed by atoms with E-state index in [-0.39, 0.29) is 24.2 Å². The highest BCUT2D eigenvalue weighted by molar-refractivity contribution is 5.94. The Bertz CT molecular complexity index is 438. The molecule has 2 rings (SSSR count). The largest absolute Gasteiger partial charge is 0.461 e. The van der Waals surface area contributed by atoms with Crippen LogP contribution in [0.1, 0.15) is 17.0 Å². The van der Waals surface area contributed by atoms with Crippen LogP contribution in [0.15, 0.2) is 35.5 Å². The topological polar surface area (TPSA) is 59.8 Å². The van der Waals surface area contributed by atoms with E-state index in [0.29, 0.717) is 25.5 Å². The van der Waals surface area contributed by atoms with Gasteiger partial charge < -0.3 is 14.1 Å². The van der Waals surface area contributed by atoms with Gasteiger partial charge in [0.15, 0.2) is 11.5 Å². The zero-order chi connectivity index (χ0) is 13.0. The van der Waals surface area contributed by atoms with Gasteiger partial charge in [0.05, 0.1) is 25.5 Å². The molecular weight excluding hydrogens is 234 g/mol. The predicted molar refractivity (Wildman–Crippen MR) is 64.2 cm³/mol. The normalized spacial score (nSPS) is 19.6. The van der Waals surface area contributed by atoms with Crippen molar-refractivity contribution < 1.29 is 18.7 Å². The third-order valence-electron chi connectivity index (χ3n) is 2.90. The van der Waals surface area contributed by atoms with Gasteiger partial charge in [-0.1, -0.05) is 6.58 Å². The fraction of sp³-hybridized carbons (Fsp3) is 0.385. The highest BCUT2D eigenvalue weighted by atomic mass is 16.5. The number of carbonyl (C=O) groups excluding carboxylic acids is 2. The van der Waals surface area contributed by atoms with E-state index in [1.54, 1.807) is 17.0 Å². The Labute approximate surface area is 105 Å². The number of ketones is 1. The second-order valence-corrected chi connectivity index (χ2v) is 4.07. The molecule has 1 saturated heterocycles. The average molecular weight is 249 g/mol. The average Bonchev–Trinajstić information content (AvgIpc) is 2.92. The summed E-state index contributed by atoms with van der Waals surface area (Å²) in [6, 6.07) is 3.03. The minimum Gasteiger partial charge on any atom is -0.461 e. The second-order valence-electron chi connectivity index (χ2n) is 4.07. The van der Waals surface area contributed by atoms with E-state index in [1.807, 2.05) is 0 Å². The van der Waals surface area contributed by atoms with Gasteiger partial charge in [-0.05, 0) is 18.2 Å². The summed E-state index contributed by atoms with van der Waals surface area (Å²) in [5.41, 5.74) is 0. The smallest absolute Gasteiger partial charge is 0.246 e. The van der Waals surface area contributed by atoms with Gasteiger partial charge in [0, 0.05) is 13.0 Å². The number of amides is 1. The van der Waals surface area contributed by atoms with Crippen LogP contribution >= 0.6 is 0 Å². The number of morpholine rings is 1. The predicted octanol–water partition coefficient (Wildman–Crippen LogP) is 1.27. The van der Waals surface area contributed by atoms with Gasteiger partial charge in [0.2, 0.25) is 5.91 Å². The molecule has 1 aromatic heterocycles. The first kappa shape index (κ1) is 12.6. The lowest BCUT2D eigenvalue weighted by atomic mass is 10.1. The molecule has 1 aliphatic heterocycles. The molecule has 18 heavy (non-hydrogen) atoms. The van der Waals surface area contributed by atoms with Crippen molar-refractivity contribution in [3.63, 3.8) is 0 Å². The molecule has 5 nitrogen and oxygen atoms in total. The van der Waals surface area contributed by atoms with Gasteiger partial charge in [-0.25, -0.2) is 0 Å². The Hall–Kier alpha value is -1.88. The molecule has 1 aliphatic rings. The summed E-state index contributed by atoms with van der Waals surface area (Å²) in [5.74, 6) is 0.0134. The molecule has 0 unspecified atom stereocenters. The van der Waals surface area contributed by atoms with Crippen molar-refractivity contribution in [3.05, 3.63) is 36.8 Å².